The number of allylic oxidation sites excluding steroid dienone is 1. The number of hydrogen-bond donors (Lipinski definition) is 1. The zero-order valence-electron chi connectivity index (χ0n) is 17.0. The SMILES string of the molecule is COCCOC(=O)C1=C(C)N(CCOC)C(=O)N[C@H]1c1ccc(C(=O)OC)cc1. The van der Waals surface area contributed by atoms with Gasteiger partial charge in [-0.05, 0) is 24.6 Å². The first-order chi connectivity index (χ1) is 13.9. The van der Waals surface area contributed by atoms with Gasteiger partial charge >= 0.3 is 18.0 Å². The predicted octanol–water partition coefficient (Wildman–Crippen LogP) is 1.65. The van der Waals surface area contributed by atoms with E-state index in [2.05, 4.69) is 5.32 Å². The molecule has 29 heavy (non-hydrogen) atoms. The van der Waals surface area contributed by atoms with Crippen LogP contribution in [0.25, 0.3) is 0 Å². The minimum Gasteiger partial charge on any atom is -0.465 e. The molecule has 0 saturated carbocycles. The molecule has 1 aromatic carbocycles. The number of urea groups is 1. The second kappa shape index (κ2) is 10.6. The van der Waals surface area contributed by atoms with Crippen molar-refractivity contribution in [3.05, 3.63) is 46.7 Å². The number of benzene rings is 1. The van der Waals surface area contributed by atoms with Crippen LogP contribution in [0.1, 0.15) is 28.9 Å². The highest BCUT2D eigenvalue weighted by Gasteiger charge is 2.36. The maximum Gasteiger partial charge on any atom is 0.338 e. The van der Waals surface area contributed by atoms with Crippen molar-refractivity contribution in [2.24, 2.45) is 0 Å². The fourth-order valence-corrected chi connectivity index (χ4v) is 2.97. The first-order valence-electron chi connectivity index (χ1n) is 9.06. The number of carbonyl (C=O) groups excluding carboxylic acids is 3. The van der Waals surface area contributed by atoms with Gasteiger partial charge in [-0.2, -0.15) is 0 Å². The molecule has 1 aromatic rings. The standard InChI is InChI=1S/C20H26N2O7/c1-13-16(19(24)29-12-11-27-3)17(21-20(25)22(13)9-10-26-2)14-5-7-15(8-6-14)18(23)28-4/h5-8,17H,9-12H2,1-4H3,(H,21,25)/t17-/m0/s1. The smallest absolute Gasteiger partial charge is 0.338 e. The average molecular weight is 406 g/mol. The molecule has 0 aliphatic carbocycles. The summed E-state index contributed by atoms with van der Waals surface area (Å²) in [5, 5.41) is 2.83. The van der Waals surface area contributed by atoms with Gasteiger partial charge in [-0.3, -0.25) is 4.90 Å². The lowest BCUT2D eigenvalue weighted by molar-refractivity contribution is -0.140. The van der Waals surface area contributed by atoms with Crippen LogP contribution in [0.4, 0.5) is 4.79 Å². The lowest BCUT2D eigenvalue weighted by Gasteiger charge is -2.35. The molecule has 9 nitrogen and oxygen atoms in total. The van der Waals surface area contributed by atoms with E-state index in [1.54, 1.807) is 31.2 Å². The number of nitrogens with one attached hydrogen (secondary N) is 1. The Labute approximate surface area is 169 Å². The molecule has 1 aliphatic rings. The van der Waals surface area contributed by atoms with E-state index >= 15 is 0 Å². The molecule has 0 saturated heterocycles. The highest BCUT2D eigenvalue weighted by molar-refractivity contribution is 5.95. The summed E-state index contributed by atoms with van der Waals surface area (Å²) in [5.74, 6) is -1.02. The third-order valence-corrected chi connectivity index (χ3v) is 4.52. The molecule has 1 atom stereocenters. The van der Waals surface area contributed by atoms with Crippen molar-refractivity contribution in [3.63, 3.8) is 0 Å². The van der Waals surface area contributed by atoms with Gasteiger partial charge in [-0.1, -0.05) is 12.1 Å². The van der Waals surface area contributed by atoms with Crippen LogP contribution in [0.5, 0.6) is 0 Å². The quantitative estimate of drug-likeness (QED) is 0.491. The van der Waals surface area contributed by atoms with Gasteiger partial charge < -0.3 is 24.3 Å². The van der Waals surface area contributed by atoms with E-state index in [1.165, 1.54) is 26.2 Å². The number of carbonyl (C=O) groups is 3. The van der Waals surface area contributed by atoms with Crippen LogP contribution in [0, 0.1) is 0 Å². The topological polar surface area (TPSA) is 103 Å². The van der Waals surface area contributed by atoms with Crippen LogP contribution in [-0.2, 0) is 23.7 Å². The van der Waals surface area contributed by atoms with E-state index < -0.39 is 18.0 Å². The summed E-state index contributed by atoms with van der Waals surface area (Å²) >= 11 is 0. The first-order valence-corrected chi connectivity index (χ1v) is 9.06. The molecule has 0 spiro atoms. The molecule has 0 bridgehead atoms. The maximum absolute atomic E-state index is 12.8. The van der Waals surface area contributed by atoms with Crippen molar-refractivity contribution >= 4 is 18.0 Å². The highest BCUT2D eigenvalue weighted by atomic mass is 16.6. The van der Waals surface area contributed by atoms with Gasteiger partial charge in [0, 0.05) is 19.9 Å². The van der Waals surface area contributed by atoms with Crippen molar-refractivity contribution in [1.29, 1.82) is 0 Å². The number of esters is 2. The largest absolute Gasteiger partial charge is 0.465 e. The number of nitrogens with zero attached hydrogens (tertiary/aromatic N) is 1. The number of hydrogen-bond acceptors (Lipinski definition) is 7. The molecule has 1 N–H and O–H groups in total. The van der Waals surface area contributed by atoms with Gasteiger partial charge in [0.05, 0.1) is 44.0 Å². The normalized spacial score (nSPS) is 16.5. The van der Waals surface area contributed by atoms with Crippen LogP contribution < -0.4 is 5.32 Å². The minimum atomic E-state index is -0.719. The zero-order valence-corrected chi connectivity index (χ0v) is 17.0. The van der Waals surface area contributed by atoms with Gasteiger partial charge in [-0.15, -0.1) is 0 Å². The molecule has 1 aliphatic heterocycles. The van der Waals surface area contributed by atoms with Crippen molar-refractivity contribution in [2.75, 3.05) is 47.7 Å². The summed E-state index contributed by atoms with van der Waals surface area (Å²) in [7, 11) is 4.34. The van der Waals surface area contributed by atoms with Crippen molar-refractivity contribution < 1.29 is 33.3 Å². The Bertz CT molecular complexity index is 774. The summed E-state index contributed by atoms with van der Waals surface area (Å²) in [4.78, 5) is 38.5. The van der Waals surface area contributed by atoms with Crippen molar-refractivity contribution in [2.45, 2.75) is 13.0 Å². The lowest BCUT2D eigenvalue weighted by atomic mass is 9.94. The number of methoxy groups -OCH3 is 3. The van der Waals surface area contributed by atoms with Crippen LogP contribution in [0.15, 0.2) is 35.5 Å². The highest BCUT2D eigenvalue weighted by Crippen LogP contribution is 2.31. The first kappa shape index (κ1) is 22.4. The van der Waals surface area contributed by atoms with Gasteiger partial charge in [-0.25, -0.2) is 14.4 Å². The minimum absolute atomic E-state index is 0.0894. The van der Waals surface area contributed by atoms with Gasteiger partial charge in [0.15, 0.2) is 0 Å². The molecule has 0 unspecified atom stereocenters. The Morgan fingerprint density at radius 1 is 1.00 bits per heavy atom. The zero-order chi connectivity index (χ0) is 21.4. The van der Waals surface area contributed by atoms with Crippen molar-refractivity contribution in [3.8, 4) is 0 Å². The molecule has 0 fully saturated rings. The summed E-state index contributed by atoms with van der Waals surface area (Å²) in [6.07, 6.45) is 0. The summed E-state index contributed by atoms with van der Waals surface area (Å²) in [6, 6.07) is 5.41. The Hall–Kier alpha value is -2.91. The van der Waals surface area contributed by atoms with Crippen LogP contribution >= 0.6 is 0 Å². The third-order valence-electron chi connectivity index (χ3n) is 4.52. The average Bonchev–Trinajstić information content (AvgIpc) is 2.72. The van der Waals surface area contributed by atoms with E-state index in [0.29, 0.717) is 29.0 Å². The second-order valence-electron chi connectivity index (χ2n) is 6.27. The van der Waals surface area contributed by atoms with E-state index in [0.717, 1.165) is 0 Å². The fraction of sp³-hybridized carbons (Fsp3) is 0.450. The Morgan fingerprint density at radius 3 is 2.24 bits per heavy atom. The number of rotatable bonds is 9. The Kier molecular flexibility index (Phi) is 8.17. The summed E-state index contributed by atoms with van der Waals surface area (Å²) in [5.41, 5.74) is 1.79. The van der Waals surface area contributed by atoms with Gasteiger partial charge in [0.2, 0.25) is 0 Å². The van der Waals surface area contributed by atoms with Gasteiger partial charge in [0.1, 0.15) is 6.61 Å². The molecule has 158 valence electrons. The van der Waals surface area contributed by atoms with Gasteiger partial charge in [0.25, 0.3) is 0 Å². The molecule has 0 aromatic heterocycles. The van der Waals surface area contributed by atoms with E-state index in [9.17, 15) is 14.4 Å². The summed E-state index contributed by atoms with van der Waals surface area (Å²) in [6.45, 7) is 2.64. The maximum atomic E-state index is 12.8. The van der Waals surface area contributed by atoms with Crippen LogP contribution in [0.2, 0.25) is 0 Å². The summed E-state index contributed by atoms with van der Waals surface area (Å²) < 4.78 is 20.0. The molecule has 9 heteroatoms. The Morgan fingerprint density at radius 2 is 1.66 bits per heavy atom. The van der Waals surface area contributed by atoms with Crippen molar-refractivity contribution in [1.82, 2.24) is 10.2 Å². The van der Waals surface area contributed by atoms with E-state index in [1.807, 2.05) is 0 Å². The van der Waals surface area contributed by atoms with E-state index in [4.69, 9.17) is 18.9 Å². The molecule has 1 heterocycles. The number of amides is 2. The number of ether oxygens (including phenoxy) is 4. The molecule has 2 amide bonds. The van der Waals surface area contributed by atoms with Crippen LogP contribution in [-0.4, -0.2) is 70.6 Å². The molecular weight excluding hydrogens is 380 g/mol. The van der Waals surface area contributed by atoms with Crippen LogP contribution in [0.3, 0.4) is 0 Å². The second-order valence-corrected chi connectivity index (χ2v) is 6.27. The molecular formula is C20H26N2O7. The molecule has 0 radical (unpaired) electrons. The van der Waals surface area contributed by atoms with E-state index in [-0.39, 0.29) is 25.8 Å². The lowest BCUT2D eigenvalue weighted by Crippen LogP contribution is -2.49. The monoisotopic (exact) mass is 406 g/mol. The Balaban J connectivity index is 2.39. The fourth-order valence-electron chi connectivity index (χ4n) is 2.97. The third kappa shape index (κ3) is 5.33. The predicted molar refractivity (Wildman–Crippen MR) is 103 cm³/mol. The molecule has 2 rings (SSSR count).